The highest BCUT2D eigenvalue weighted by atomic mass is 32.3. The summed E-state index contributed by atoms with van der Waals surface area (Å²) in [7, 11) is -2.96. The predicted molar refractivity (Wildman–Crippen MR) is 44.8 cm³/mol. The zero-order valence-corrected chi connectivity index (χ0v) is 6.91. The zero-order valence-electron chi connectivity index (χ0n) is 6.10. The van der Waals surface area contributed by atoms with Crippen LogP contribution in [-0.2, 0) is 0 Å². The molecular weight excluding hydrogens is 170 g/mol. The molecule has 0 atom stereocenters. The highest BCUT2D eigenvalue weighted by Crippen LogP contribution is 2.52. The van der Waals surface area contributed by atoms with E-state index in [1.165, 1.54) is 0 Å². The summed E-state index contributed by atoms with van der Waals surface area (Å²) < 4.78 is 7.11. The fourth-order valence-electron chi connectivity index (χ4n) is 0.491. The Morgan fingerprint density at radius 3 is 1.82 bits per heavy atom. The van der Waals surface area contributed by atoms with Gasteiger partial charge in [0, 0.05) is 19.5 Å². The van der Waals surface area contributed by atoms with Crippen LogP contribution < -0.4 is 0 Å². The Labute approximate surface area is 65.4 Å². The minimum absolute atomic E-state index is 0.0833. The average Bonchev–Trinajstić information content (AvgIpc) is 2.08. The SMILES string of the molecule is CCCCS(N=O)(N=O)N=O. The van der Waals surface area contributed by atoms with Gasteiger partial charge in [0.1, 0.15) is 0 Å². The van der Waals surface area contributed by atoms with Crippen LogP contribution in [0.1, 0.15) is 19.8 Å². The predicted octanol–water partition coefficient (Wildman–Crippen LogP) is 2.64. The molecule has 0 heterocycles. The standard InChI is InChI=1S/C4H9N3O3S/c1-2-3-4-11(5-8,6-9)7-10/h2-4H2,1H3. The van der Waals surface area contributed by atoms with Gasteiger partial charge in [-0.2, -0.15) is 0 Å². The number of hydrogen-bond donors (Lipinski definition) is 0. The maximum Gasteiger partial charge on any atom is 0.169 e. The van der Waals surface area contributed by atoms with Crippen molar-refractivity contribution in [2.45, 2.75) is 19.8 Å². The van der Waals surface area contributed by atoms with Crippen LogP contribution in [0.2, 0.25) is 0 Å². The van der Waals surface area contributed by atoms with Crippen molar-refractivity contribution < 1.29 is 0 Å². The van der Waals surface area contributed by atoms with Gasteiger partial charge in [-0.05, 0) is 6.42 Å². The molecule has 11 heavy (non-hydrogen) atoms. The average molecular weight is 179 g/mol. The molecule has 0 aliphatic rings. The van der Waals surface area contributed by atoms with Crippen molar-refractivity contribution in [1.29, 1.82) is 0 Å². The molecule has 0 spiro atoms. The maximum absolute atomic E-state index is 9.99. The molecule has 0 aromatic carbocycles. The molecule has 0 unspecified atom stereocenters. The molecule has 0 fully saturated rings. The monoisotopic (exact) mass is 179 g/mol. The summed E-state index contributed by atoms with van der Waals surface area (Å²) in [6, 6.07) is 0. The molecule has 0 saturated carbocycles. The summed E-state index contributed by atoms with van der Waals surface area (Å²) in [6.45, 7) is 1.87. The van der Waals surface area contributed by atoms with Gasteiger partial charge in [-0.3, -0.25) is 0 Å². The second kappa shape index (κ2) is 4.89. The topological polar surface area (TPSA) is 88.3 Å². The molecule has 0 amide bonds. The molecule has 64 valence electrons. The van der Waals surface area contributed by atoms with Crippen LogP contribution >= 0.6 is 10.6 Å². The molecule has 7 heteroatoms. The van der Waals surface area contributed by atoms with Crippen LogP contribution in [0.15, 0.2) is 13.7 Å². The van der Waals surface area contributed by atoms with E-state index in [0.29, 0.717) is 6.42 Å². The van der Waals surface area contributed by atoms with Crippen LogP contribution in [0.5, 0.6) is 0 Å². The third-order valence-electron chi connectivity index (χ3n) is 1.13. The van der Waals surface area contributed by atoms with E-state index >= 15 is 0 Å². The lowest BCUT2D eigenvalue weighted by Gasteiger charge is -2.11. The molecule has 0 aromatic rings. The first-order valence-corrected chi connectivity index (χ1v) is 4.76. The van der Waals surface area contributed by atoms with E-state index in [4.69, 9.17) is 0 Å². The minimum atomic E-state index is -2.96. The van der Waals surface area contributed by atoms with Gasteiger partial charge >= 0.3 is 0 Å². The lowest BCUT2D eigenvalue weighted by Crippen LogP contribution is -1.93. The van der Waals surface area contributed by atoms with Gasteiger partial charge in [-0.1, -0.05) is 13.3 Å². The smallest absolute Gasteiger partial charge is 0.135 e. The molecule has 0 rings (SSSR count). The molecule has 0 aliphatic carbocycles. The largest absolute Gasteiger partial charge is 0.169 e. The molecule has 0 radical (unpaired) electrons. The van der Waals surface area contributed by atoms with Crippen LogP contribution in [0, 0.1) is 14.7 Å². The summed E-state index contributed by atoms with van der Waals surface area (Å²) in [6.07, 6.45) is 1.34. The van der Waals surface area contributed by atoms with E-state index in [1.54, 1.807) is 0 Å². The van der Waals surface area contributed by atoms with Crippen LogP contribution in [0.25, 0.3) is 0 Å². The van der Waals surface area contributed by atoms with Crippen LogP contribution in [0.4, 0.5) is 0 Å². The Balaban J connectivity index is 4.16. The van der Waals surface area contributed by atoms with Gasteiger partial charge in [0.05, 0.1) is 0 Å². The van der Waals surface area contributed by atoms with Gasteiger partial charge in [0.15, 0.2) is 10.6 Å². The molecule has 0 saturated heterocycles. The van der Waals surface area contributed by atoms with Gasteiger partial charge in [-0.15, -0.1) is 14.7 Å². The Bertz CT molecular complexity index is 141. The fourth-order valence-corrected chi connectivity index (χ4v) is 1.47. The van der Waals surface area contributed by atoms with Gasteiger partial charge < -0.3 is 0 Å². The molecule has 6 nitrogen and oxygen atoms in total. The lowest BCUT2D eigenvalue weighted by atomic mass is 10.4. The van der Waals surface area contributed by atoms with E-state index in [2.05, 4.69) is 13.7 Å². The molecule has 0 aromatic heterocycles. The van der Waals surface area contributed by atoms with Crippen molar-refractivity contribution in [2.75, 3.05) is 5.75 Å². The van der Waals surface area contributed by atoms with Crippen LogP contribution in [0.3, 0.4) is 0 Å². The van der Waals surface area contributed by atoms with Crippen molar-refractivity contribution in [3.63, 3.8) is 0 Å². The van der Waals surface area contributed by atoms with Gasteiger partial charge in [0.2, 0.25) is 0 Å². The van der Waals surface area contributed by atoms with Crippen molar-refractivity contribution in [3.8, 4) is 0 Å². The van der Waals surface area contributed by atoms with Gasteiger partial charge in [-0.25, -0.2) is 0 Å². The van der Waals surface area contributed by atoms with Crippen molar-refractivity contribution in [3.05, 3.63) is 14.7 Å². The second-order valence-corrected chi connectivity index (χ2v) is 4.03. The Morgan fingerprint density at radius 2 is 1.55 bits per heavy atom. The zero-order chi connectivity index (χ0) is 8.74. The van der Waals surface area contributed by atoms with E-state index in [9.17, 15) is 14.7 Å². The van der Waals surface area contributed by atoms with Crippen molar-refractivity contribution in [1.82, 2.24) is 0 Å². The number of nitrogens with zero attached hydrogens (tertiary/aromatic N) is 3. The maximum atomic E-state index is 9.99. The third-order valence-corrected chi connectivity index (χ3v) is 2.68. The summed E-state index contributed by atoms with van der Waals surface area (Å²) in [4.78, 5) is 30.0. The molecule has 0 bridgehead atoms. The lowest BCUT2D eigenvalue weighted by molar-refractivity contribution is 0.889. The third kappa shape index (κ3) is 2.71. The van der Waals surface area contributed by atoms with Crippen LogP contribution in [-0.4, -0.2) is 5.75 Å². The van der Waals surface area contributed by atoms with Gasteiger partial charge in [0.25, 0.3) is 0 Å². The second-order valence-electron chi connectivity index (χ2n) is 1.91. The Morgan fingerprint density at radius 1 is 1.09 bits per heavy atom. The van der Waals surface area contributed by atoms with E-state index in [0.717, 1.165) is 6.42 Å². The molecule has 0 N–H and O–H groups in total. The first kappa shape index (κ1) is 10.2. The normalized spacial score (nSPS) is 12.1. The van der Waals surface area contributed by atoms with Crippen molar-refractivity contribution in [2.24, 2.45) is 13.7 Å². The number of rotatable bonds is 6. The highest BCUT2D eigenvalue weighted by molar-refractivity contribution is 8.30. The summed E-state index contributed by atoms with van der Waals surface area (Å²) in [5.74, 6) is 0.0833. The fraction of sp³-hybridized carbons (Fsp3) is 1.00. The van der Waals surface area contributed by atoms with E-state index in [-0.39, 0.29) is 5.75 Å². The highest BCUT2D eigenvalue weighted by Gasteiger charge is 2.26. The van der Waals surface area contributed by atoms with Crippen molar-refractivity contribution >= 4 is 10.6 Å². The number of nitroso groups, excluding NO2 is 3. The summed E-state index contributed by atoms with van der Waals surface area (Å²) in [5, 5.41) is 0. The minimum Gasteiger partial charge on any atom is -0.135 e. The first-order valence-electron chi connectivity index (χ1n) is 3.09. The molecule has 0 aliphatic heterocycles. The quantitative estimate of drug-likeness (QED) is 0.587. The summed E-state index contributed by atoms with van der Waals surface area (Å²) in [5.41, 5.74) is 0. The number of unbranched alkanes of at least 4 members (excludes halogenated alkanes) is 1. The Hall–Kier alpha value is -0.850. The van der Waals surface area contributed by atoms with E-state index in [1.807, 2.05) is 6.92 Å². The van der Waals surface area contributed by atoms with E-state index < -0.39 is 10.6 Å². The number of hydrogen-bond acceptors (Lipinski definition) is 6. The molecular formula is C4H9N3O3S. The summed E-state index contributed by atoms with van der Waals surface area (Å²) >= 11 is 0. The Kier molecular flexibility index (Phi) is 4.51. The first-order chi connectivity index (χ1) is 5.24.